The van der Waals surface area contributed by atoms with E-state index in [2.05, 4.69) is 10.6 Å². The van der Waals surface area contributed by atoms with E-state index < -0.39 is 6.03 Å². The SMILES string of the molecule is CC(C)(C)c1cc(NC(=O)CN(CCc2ccccc2)C(=O)Nc2ccc(Cl)cc2Cl)n(-c2ccccc2Cl)n1. The van der Waals surface area contributed by atoms with Crippen LogP contribution in [-0.4, -0.2) is 39.7 Å². The lowest BCUT2D eigenvalue weighted by atomic mass is 9.92. The van der Waals surface area contributed by atoms with Crippen LogP contribution in [-0.2, 0) is 16.6 Å². The lowest BCUT2D eigenvalue weighted by molar-refractivity contribution is -0.116. The van der Waals surface area contributed by atoms with Crippen LogP contribution in [0.2, 0.25) is 15.1 Å². The van der Waals surface area contributed by atoms with E-state index >= 15 is 0 Å². The largest absolute Gasteiger partial charge is 0.322 e. The van der Waals surface area contributed by atoms with Crippen LogP contribution in [0.5, 0.6) is 0 Å². The maximum Gasteiger partial charge on any atom is 0.322 e. The summed E-state index contributed by atoms with van der Waals surface area (Å²) in [6.07, 6.45) is 0.557. The van der Waals surface area contributed by atoms with Crippen molar-refractivity contribution in [3.05, 3.63) is 105 Å². The number of benzene rings is 3. The number of nitrogens with one attached hydrogen (secondary N) is 2. The summed E-state index contributed by atoms with van der Waals surface area (Å²) in [5.41, 5.74) is 2.57. The average molecular weight is 599 g/mol. The van der Waals surface area contributed by atoms with Gasteiger partial charge in [0.25, 0.3) is 0 Å². The Morgan fingerprint density at radius 1 is 0.875 bits per heavy atom. The molecule has 0 saturated heterocycles. The predicted octanol–water partition coefficient (Wildman–Crippen LogP) is 7.85. The van der Waals surface area contributed by atoms with E-state index in [4.69, 9.17) is 39.9 Å². The Bertz CT molecular complexity index is 1500. The number of halogens is 3. The summed E-state index contributed by atoms with van der Waals surface area (Å²) >= 11 is 18.7. The summed E-state index contributed by atoms with van der Waals surface area (Å²) in [6.45, 7) is 6.20. The highest BCUT2D eigenvalue weighted by molar-refractivity contribution is 6.36. The molecule has 0 aliphatic carbocycles. The van der Waals surface area contributed by atoms with Crippen molar-refractivity contribution >= 4 is 58.2 Å². The van der Waals surface area contributed by atoms with Crippen molar-refractivity contribution in [1.82, 2.24) is 14.7 Å². The highest BCUT2D eigenvalue weighted by Gasteiger charge is 2.24. The molecule has 208 valence electrons. The third-order valence-corrected chi connectivity index (χ3v) is 7.00. The quantitative estimate of drug-likeness (QED) is 0.217. The summed E-state index contributed by atoms with van der Waals surface area (Å²) < 4.78 is 1.61. The van der Waals surface area contributed by atoms with Crippen molar-refractivity contribution in [2.75, 3.05) is 23.7 Å². The molecule has 0 fully saturated rings. The first-order valence-corrected chi connectivity index (χ1v) is 13.8. The molecule has 0 aliphatic rings. The third kappa shape index (κ3) is 7.56. The van der Waals surface area contributed by atoms with Gasteiger partial charge < -0.3 is 15.5 Å². The maximum absolute atomic E-state index is 13.4. The Morgan fingerprint density at radius 2 is 1.57 bits per heavy atom. The van der Waals surface area contributed by atoms with E-state index in [0.29, 0.717) is 45.2 Å². The molecule has 0 radical (unpaired) electrons. The molecule has 2 N–H and O–H groups in total. The number of urea groups is 1. The standard InChI is InChI=1S/C30H30Cl3N5O2/c1-30(2,3)26-18-27(38(36-26)25-12-8-7-11-22(25)32)35-28(39)19-37(16-15-20-9-5-4-6-10-20)29(40)34-24-14-13-21(31)17-23(24)33/h4-14,17-18H,15-16,19H2,1-3H3,(H,34,40)(H,35,39). The molecule has 3 amide bonds. The summed E-state index contributed by atoms with van der Waals surface area (Å²) in [5.74, 6) is 0.0614. The molecule has 0 saturated carbocycles. The lowest BCUT2D eigenvalue weighted by Gasteiger charge is -2.23. The van der Waals surface area contributed by atoms with E-state index in [-0.39, 0.29) is 17.9 Å². The summed E-state index contributed by atoms with van der Waals surface area (Å²) in [4.78, 5) is 28.2. The van der Waals surface area contributed by atoms with Crippen molar-refractivity contribution < 1.29 is 9.59 Å². The van der Waals surface area contributed by atoms with Gasteiger partial charge in [-0.05, 0) is 42.3 Å². The molecular weight excluding hydrogens is 569 g/mol. The molecule has 4 rings (SSSR count). The van der Waals surface area contributed by atoms with E-state index in [1.807, 2.05) is 75.4 Å². The first kappa shape index (κ1) is 29.5. The van der Waals surface area contributed by atoms with Crippen molar-refractivity contribution in [2.45, 2.75) is 32.6 Å². The number of hydrogen-bond acceptors (Lipinski definition) is 3. The Hall–Kier alpha value is -3.52. The number of para-hydroxylation sites is 1. The molecule has 0 aliphatic heterocycles. The van der Waals surface area contributed by atoms with Gasteiger partial charge in [0.1, 0.15) is 12.4 Å². The second-order valence-electron chi connectivity index (χ2n) is 10.3. The van der Waals surface area contributed by atoms with Gasteiger partial charge in [0.15, 0.2) is 0 Å². The molecule has 0 atom stereocenters. The zero-order valence-electron chi connectivity index (χ0n) is 22.4. The molecule has 10 heteroatoms. The molecule has 1 heterocycles. The number of hydrogen-bond donors (Lipinski definition) is 2. The zero-order valence-corrected chi connectivity index (χ0v) is 24.7. The first-order chi connectivity index (χ1) is 19.0. The molecular formula is C30H30Cl3N5O2. The number of carbonyl (C=O) groups excluding carboxylic acids is 2. The van der Waals surface area contributed by atoms with Crippen molar-refractivity contribution in [2.24, 2.45) is 0 Å². The number of anilines is 2. The monoisotopic (exact) mass is 597 g/mol. The Kier molecular flexibility index (Phi) is 9.40. The smallest absolute Gasteiger partial charge is 0.315 e. The fourth-order valence-corrected chi connectivity index (χ4v) is 4.62. The first-order valence-electron chi connectivity index (χ1n) is 12.7. The average Bonchev–Trinajstić information content (AvgIpc) is 3.33. The van der Waals surface area contributed by atoms with Gasteiger partial charge in [0, 0.05) is 23.0 Å². The second-order valence-corrected chi connectivity index (χ2v) is 11.5. The van der Waals surface area contributed by atoms with E-state index in [1.165, 1.54) is 4.90 Å². The maximum atomic E-state index is 13.4. The minimum Gasteiger partial charge on any atom is -0.315 e. The Morgan fingerprint density at radius 3 is 2.25 bits per heavy atom. The van der Waals surface area contributed by atoms with Gasteiger partial charge in [-0.2, -0.15) is 5.10 Å². The Labute approximate surface area is 249 Å². The third-order valence-electron chi connectivity index (χ3n) is 6.13. The van der Waals surface area contributed by atoms with Crippen molar-refractivity contribution in [3.63, 3.8) is 0 Å². The van der Waals surface area contributed by atoms with Crippen LogP contribution in [0.25, 0.3) is 5.69 Å². The van der Waals surface area contributed by atoms with E-state index in [0.717, 1.165) is 11.3 Å². The van der Waals surface area contributed by atoms with Gasteiger partial charge in [0.2, 0.25) is 5.91 Å². The fraction of sp³-hybridized carbons (Fsp3) is 0.233. The van der Waals surface area contributed by atoms with Gasteiger partial charge in [-0.15, -0.1) is 0 Å². The number of rotatable bonds is 8. The zero-order chi connectivity index (χ0) is 28.9. The highest BCUT2D eigenvalue weighted by Crippen LogP contribution is 2.29. The number of amides is 3. The van der Waals surface area contributed by atoms with Crippen molar-refractivity contribution in [3.8, 4) is 5.69 Å². The summed E-state index contributed by atoms with van der Waals surface area (Å²) in [6, 6.07) is 23.2. The predicted molar refractivity (Wildman–Crippen MR) is 163 cm³/mol. The van der Waals surface area contributed by atoms with Gasteiger partial charge in [-0.25, -0.2) is 9.48 Å². The van der Waals surface area contributed by atoms with Gasteiger partial charge in [0.05, 0.1) is 27.1 Å². The summed E-state index contributed by atoms with van der Waals surface area (Å²) in [7, 11) is 0. The van der Waals surface area contributed by atoms with E-state index in [1.54, 1.807) is 28.9 Å². The summed E-state index contributed by atoms with van der Waals surface area (Å²) in [5, 5.41) is 11.7. The number of aromatic nitrogens is 2. The molecule has 40 heavy (non-hydrogen) atoms. The normalized spacial score (nSPS) is 11.2. The molecule has 0 spiro atoms. The topological polar surface area (TPSA) is 79.3 Å². The van der Waals surface area contributed by atoms with Crippen LogP contribution >= 0.6 is 34.8 Å². The minimum atomic E-state index is -0.467. The number of carbonyl (C=O) groups is 2. The molecule has 0 bridgehead atoms. The second kappa shape index (κ2) is 12.8. The van der Waals surface area contributed by atoms with Crippen LogP contribution in [0.1, 0.15) is 32.0 Å². The molecule has 7 nitrogen and oxygen atoms in total. The van der Waals surface area contributed by atoms with Gasteiger partial charge in [-0.1, -0.05) is 98.0 Å². The molecule has 3 aromatic carbocycles. The van der Waals surface area contributed by atoms with Gasteiger partial charge in [-0.3, -0.25) is 4.79 Å². The minimum absolute atomic E-state index is 0.206. The van der Waals surface area contributed by atoms with Crippen LogP contribution in [0.15, 0.2) is 78.9 Å². The van der Waals surface area contributed by atoms with Crippen molar-refractivity contribution in [1.29, 1.82) is 0 Å². The van der Waals surface area contributed by atoms with E-state index in [9.17, 15) is 9.59 Å². The highest BCUT2D eigenvalue weighted by atomic mass is 35.5. The molecule has 1 aromatic heterocycles. The molecule has 0 unspecified atom stereocenters. The molecule has 4 aromatic rings. The van der Waals surface area contributed by atoms with Gasteiger partial charge >= 0.3 is 6.03 Å². The number of nitrogens with zero attached hydrogens (tertiary/aromatic N) is 3. The van der Waals surface area contributed by atoms with Crippen LogP contribution < -0.4 is 10.6 Å². The van der Waals surface area contributed by atoms with Crippen LogP contribution in [0, 0.1) is 0 Å². The Balaban J connectivity index is 1.57. The van der Waals surface area contributed by atoms with Crippen LogP contribution in [0.3, 0.4) is 0 Å². The van der Waals surface area contributed by atoms with Crippen LogP contribution in [0.4, 0.5) is 16.3 Å². The lowest BCUT2D eigenvalue weighted by Crippen LogP contribution is -2.42. The fourth-order valence-electron chi connectivity index (χ4n) is 3.95.